The molecule has 1 aromatic rings. The number of amides is 2. The SMILES string of the molecule is Cc1cc([N+](=O)[O-])cc(C)c1N1CC(C(N)=O)CC1=O. The van der Waals surface area contributed by atoms with Crippen molar-refractivity contribution >= 4 is 23.2 Å². The van der Waals surface area contributed by atoms with Crippen molar-refractivity contribution in [2.24, 2.45) is 11.7 Å². The van der Waals surface area contributed by atoms with Crippen LogP contribution in [-0.4, -0.2) is 23.3 Å². The van der Waals surface area contributed by atoms with E-state index in [2.05, 4.69) is 0 Å². The molecule has 2 N–H and O–H groups in total. The fraction of sp³-hybridized carbons (Fsp3) is 0.385. The van der Waals surface area contributed by atoms with E-state index in [-0.39, 0.29) is 24.6 Å². The molecule has 1 aliphatic heterocycles. The van der Waals surface area contributed by atoms with Gasteiger partial charge in [0.15, 0.2) is 0 Å². The van der Waals surface area contributed by atoms with Crippen LogP contribution in [0.15, 0.2) is 12.1 Å². The third-order valence-corrected chi connectivity index (χ3v) is 3.48. The Kier molecular flexibility index (Phi) is 3.44. The highest BCUT2D eigenvalue weighted by atomic mass is 16.6. The van der Waals surface area contributed by atoms with E-state index in [0.717, 1.165) is 0 Å². The van der Waals surface area contributed by atoms with Crippen molar-refractivity contribution in [1.82, 2.24) is 0 Å². The molecule has 1 heterocycles. The molecule has 0 saturated carbocycles. The number of rotatable bonds is 3. The number of benzene rings is 1. The van der Waals surface area contributed by atoms with E-state index in [9.17, 15) is 19.7 Å². The first-order valence-corrected chi connectivity index (χ1v) is 6.16. The number of carbonyl (C=O) groups excluding carboxylic acids is 2. The maximum atomic E-state index is 12.0. The second-order valence-electron chi connectivity index (χ2n) is 4.99. The van der Waals surface area contributed by atoms with Gasteiger partial charge >= 0.3 is 0 Å². The van der Waals surface area contributed by atoms with Crippen LogP contribution in [0.1, 0.15) is 17.5 Å². The predicted molar refractivity (Wildman–Crippen MR) is 72.2 cm³/mol. The fourth-order valence-corrected chi connectivity index (χ4v) is 2.58. The molecule has 2 rings (SSSR count). The number of aryl methyl sites for hydroxylation is 2. The Balaban J connectivity index is 2.41. The lowest BCUT2D eigenvalue weighted by atomic mass is 10.1. The molecule has 1 fully saturated rings. The Morgan fingerprint density at radius 2 is 1.95 bits per heavy atom. The zero-order valence-corrected chi connectivity index (χ0v) is 11.3. The molecule has 0 radical (unpaired) electrons. The largest absolute Gasteiger partial charge is 0.369 e. The molecular weight excluding hydrogens is 262 g/mol. The summed E-state index contributed by atoms with van der Waals surface area (Å²) in [5.74, 6) is -1.19. The number of carbonyl (C=O) groups is 2. The summed E-state index contributed by atoms with van der Waals surface area (Å²) in [6.07, 6.45) is 0.0885. The second-order valence-corrected chi connectivity index (χ2v) is 4.99. The molecule has 2 amide bonds. The van der Waals surface area contributed by atoms with Crippen molar-refractivity contribution in [2.75, 3.05) is 11.4 Å². The molecule has 7 nitrogen and oxygen atoms in total. The van der Waals surface area contributed by atoms with Gasteiger partial charge in [-0.2, -0.15) is 0 Å². The Labute approximate surface area is 115 Å². The van der Waals surface area contributed by atoms with Crippen molar-refractivity contribution in [2.45, 2.75) is 20.3 Å². The van der Waals surface area contributed by atoms with Crippen molar-refractivity contribution in [3.05, 3.63) is 33.4 Å². The molecule has 1 atom stereocenters. The van der Waals surface area contributed by atoms with Crippen LogP contribution >= 0.6 is 0 Å². The quantitative estimate of drug-likeness (QED) is 0.658. The number of nitrogens with two attached hydrogens (primary N) is 1. The molecule has 1 aliphatic rings. The van der Waals surface area contributed by atoms with E-state index >= 15 is 0 Å². The molecule has 1 saturated heterocycles. The van der Waals surface area contributed by atoms with Crippen molar-refractivity contribution in [3.63, 3.8) is 0 Å². The second kappa shape index (κ2) is 4.92. The van der Waals surface area contributed by atoms with Crippen LogP contribution in [0.5, 0.6) is 0 Å². The summed E-state index contributed by atoms with van der Waals surface area (Å²) >= 11 is 0. The van der Waals surface area contributed by atoms with E-state index in [0.29, 0.717) is 16.8 Å². The molecule has 20 heavy (non-hydrogen) atoms. The fourth-order valence-electron chi connectivity index (χ4n) is 2.58. The summed E-state index contributed by atoms with van der Waals surface area (Å²) in [4.78, 5) is 35.0. The average molecular weight is 277 g/mol. The molecule has 0 spiro atoms. The number of hydrogen-bond donors (Lipinski definition) is 1. The lowest BCUT2D eigenvalue weighted by molar-refractivity contribution is -0.384. The van der Waals surface area contributed by atoms with Gasteiger partial charge in [0.25, 0.3) is 5.69 Å². The first kappa shape index (κ1) is 14.0. The van der Waals surface area contributed by atoms with Gasteiger partial charge in [-0.15, -0.1) is 0 Å². The van der Waals surface area contributed by atoms with Gasteiger partial charge in [-0.3, -0.25) is 19.7 Å². The van der Waals surface area contributed by atoms with Gasteiger partial charge < -0.3 is 10.6 Å². The van der Waals surface area contributed by atoms with Crippen LogP contribution in [-0.2, 0) is 9.59 Å². The number of nitro groups is 1. The zero-order valence-electron chi connectivity index (χ0n) is 11.3. The van der Waals surface area contributed by atoms with Crippen LogP contribution in [0.25, 0.3) is 0 Å². The highest BCUT2D eigenvalue weighted by molar-refractivity contribution is 6.01. The van der Waals surface area contributed by atoms with Crippen LogP contribution in [0.2, 0.25) is 0 Å². The standard InChI is InChI=1S/C13H15N3O4/c1-7-3-10(16(19)20)4-8(2)12(7)15-6-9(13(14)18)5-11(15)17/h3-4,9H,5-6H2,1-2H3,(H2,14,18). The number of non-ortho nitro benzene ring substituents is 1. The molecule has 1 aromatic carbocycles. The number of nitrogens with zero attached hydrogens (tertiary/aromatic N) is 2. The Morgan fingerprint density at radius 1 is 1.40 bits per heavy atom. The molecule has 0 aromatic heterocycles. The Hall–Kier alpha value is -2.44. The highest BCUT2D eigenvalue weighted by Crippen LogP contribution is 2.33. The monoisotopic (exact) mass is 277 g/mol. The summed E-state index contributed by atoms with van der Waals surface area (Å²) < 4.78 is 0. The van der Waals surface area contributed by atoms with Gasteiger partial charge in [0.1, 0.15) is 0 Å². The van der Waals surface area contributed by atoms with E-state index in [1.54, 1.807) is 13.8 Å². The smallest absolute Gasteiger partial charge is 0.270 e. The molecular formula is C13H15N3O4. The topological polar surface area (TPSA) is 107 Å². The summed E-state index contributed by atoms with van der Waals surface area (Å²) in [6, 6.07) is 2.85. The molecule has 1 unspecified atom stereocenters. The predicted octanol–water partition coefficient (Wildman–Crippen LogP) is 1.05. The van der Waals surface area contributed by atoms with Crippen molar-refractivity contribution < 1.29 is 14.5 Å². The maximum absolute atomic E-state index is 12.0. The highest BCUT2D eigenvalue weighted by Gasteiger charge is 2.35. The summed E-state index contributed by atoms with van der Waals surface area (Å²) in [6.45, 7) is 3.65. The van der Waals surface area contributed by atoms with Gasteiger partial charge in [0, 0.05) is 30.8 Å². The van der Waals surface area contributed by atoms with Gasteiger partial charge in [0.2, 0.25) is 11.8 Å². The van der Waals surface area contributed by atoms with Crippen molar-refractivity contribution in [3.8, 4) is 0 Å². The maximum Gasteiger partial charge on any atom is 0.270 e. The Morgan fingerprint density at radius 3 is 2.35 bits per heavy atom. The van der Waals surface area contributed by atoms with Crippen LogP contribution in [0.3, 0.4) is 0 Å². The lowest BCUT2D eigenvalue weighted by Crippen LogP contribution is -2.29. The zero-order chi connectivity index (χ0) is 15.0. The summed E-state index contributed by atoms with van der Waals surface area (Å²) in [5, 5.41) is 10.8. The summed E-state index contributed by atoms with van der Waals surface area (Å²) in [7, 11) is 0. The van der Waals surface area contributed by atoms with E-state index in [1.807, 2.05) is 0 Å². The number of hydrogen-bond acceptors (Lipinski definition) is 4. The van der Waals surface area contributed by atoms with Gasteiger partial charge in [-0.25, -0.2) is 0 Å². The minimum atomic E-state index is -0.503. The minimum Gasteiger partial charge on any atom is -0.369 e. The molecule has 0 aliphatic carbocycles. The van der Waals surface area contributed by atoms with Gasteiger partial charge in [-0.1, -0.05) is 0 Å². The number of nitro benzene ring substituents is 1. The van der Waals surface area contributed by atoms with Gasteiger partial charge in [-0.05, 0) is 25.0 Å². The van der Waals surface area contributed by atoms with Crippen LogP contribution in [0.4, 0.5) is 11.4 Å². The van der Waals surface area contributed by atoms with Crippen LogP contribution in [0, 0.1) is 29.9 Å². The van der Waals surface area contributed by atoms with Crippen LogP contribution < -0.4 is 10.6 Å². The lowest BCUT2D eigenvalue weighted by Gasteiger charge is -2.21. The third-order valence-electron chi connectivity index (χ3n) is 3.48. The first-order chi connectivity index (χ1) is 9.31. The van der Waals surface area contributed by atoms with Crippen molar-refractivity contribution in [1.29, 1.82) is 0 Å². The first-order valence-electron chi connectivity index (χ1n) is 6.16. The summed E-state index contributed by atoms with van der Waals surface area (Å²) in [5.41, 5.74) is 7.12. The van der Waals surface area contributed by atoms with Gasteiger partial charge in [0.05, 0.1) is 10.8 Å². The number of anilines is 1. The Bertz CT molecular complexity index is 589. The molecule has 0 bridgehead atoms. The third kappa shape index (κ3) is 2.34. The van der Waals surface area contributed by atoms with E-state index in [4.69, 9.17) is 5.73 Å². The number of primary amides is 1. The van der Waals surface area contributed by atoms with E-state index in [1.165, 1.54) is 17.0 Å². The normalized spacial score (nSPS) is 18.4. The molecule has 106 valence electrons. The van der Waals surface area contributed by atoms with E-state index < -0.39 is 16.7 Å². The molecule has 7 heteroatoms. The average Bonchev–Trinajstić information content (AvgIpc) is 2.70. The minimum absolute atomic E-state index is 0.0122.